The summed E-state index contributed by atoms with van der Waals surface area (Å²) in [6.45, 7) is 1.98. The number of methoxy groups -OCH3 is 2. The molecule has 3 rings (SSSR count). The van der Waals surface area contributed by atoms with Crippen LogP contribution in [0.5, 0.6) is 11.5 Å². The summed E-state index contributed by atoms with van der Waals surface area (Å²) in [4.78, 5) is 16.9. The van der Waals surface area contributed by atoms with Crippen LogP contribution in [0.4, 0.5) is 17.2 Å². The first-order chi connectivity index (χ1) is 13.5. The molecule has 0 bridgehead atoms. The van der Waals surface area contributed by atoms with Gasteiger partial charge in [0.15, 0.2) is 0 Å². The fourth-order valence-corrected chi connectivity index (χ4v) is 2.72. The molecule has 28 heavy (non-hydrogen) atoms. The summed E-state index contributed by atoms with van der Waals surface area (Å²) in [7, 11) is 3.07. The fourth-order valence-electron chi connectivity index (χ4n) is 2.55. The van der Waals surface area contributed by atoms with E-state index in [-0.39, 0.29) is 5.91 Å². The number of carbonyl (C=O) groups excluding carboxylic acids is 1. The Hall–Kier alpha value is -3.25. The number of aryl methyl sites for hydroxylation is 1. The maximum atomic E-state index is 12.5. The van der Waals surface area contributed by atoms with Crippen LogP contribution >= 0.6 is 11.6 Å². The molecule has 0 aliphatic heterocycles. The van der Waals surface area contributed by atoms with Crippen molar-refractivity contribution in [2.24, 2.45) is 0 Å². The number of nitrogens with one attached hydrogen (secondary N) is 2. The van der Waals surface area contributed by atoms with Crippen molar-refractivity contribution in [1.82, 2.24) is 4.98 Å². The third-order valence-corrected chi connectivity index (χ3v) is 4.33. The summed E-state index contributed by atoms with van der Waals surface area (Å²) in [5, 5.41) is 6.67. The summed E-state index contributed by atoms with van der Waals surface area (Å²) < 4.78 is 10.4. The third kappa shape index (κ3) is 4.72. The lowest BCUT2D eigenvalue weighted by Gasteiger charge is -2.11. The minimum absolute atomic E-state index is 0.287. The highest BCUT2D eigenvalue weighted by atomic mass is 35.5. The predicted molar refractivity (Wildman–Crippen MR) is 111 cm³/mol. The number of hydrogen-bond donors (Lipinski definition) is 2. The Morgan fingerprint density at radius 2 is 1.71 bits per heavy atom. The molecule has 1 aromatic heterocycles. The standard InChI is InChI=1S/C21H20ClN3O3/c1-13-4-5-15(22)10-19(13)25-20-7-6-16(12-23-20)24-21(26)14-8-17(27-2)11-18(9-14)28-3/h4-12H,1-3H3,(H,23,25)(H,24,26). The zero-order valence-corrected chi connectivity index (χ0v) is 16.5. The van der Waals surface area contributed by atoms with Crippen LogP contribution in [0.25, 0.3) is 0 Å². The summed E-state index contributed by atoms with van der Waals surface area (Å²) in [5.41, 5.74) is 2.92. The quantitative estimate of drug-likeness (QED) is 0.608. The van der Waals surface area contributed by atoms with Crippen LogP contribution in [-0.4, -0.2) is 25.1 Å². The number of halogens is 1. The molecule has 0 fully saturated rings. The molecular weight excluding hydrogens is 378 g/mol. The number of benzene rings is 2. The zero-order chi connectivity index (χ0) is 20.1. The smallest absolute Gasteiger partial charge is 0.255 e. The van der Waals surface area contributed by atoms with Crippen molar-refractivity contribution in [1.29, 1.82) is 0 Å². The van der Waals surface area contributed by atoms with Crippen molar-refractivity contribution in [3.05, 3.63) is 70.9 Å². The van der Waals surface area contributed by atoms with Gasteiger partial charge in [-0.1, -0.05) is 17.7 Å². The molecule has 7 heteroatoms. The van der Waals surface area contributed by atoms with E-state index in [0.29, 0.717) is 33.6 Å². The van der Waals surface area contributed by atoms with Crippen LogP contribution in [0.1, 0.15) is 15.9 Å². The summed E-state index contributed by atoms with van der Waals surface area (Å²) in [5.74, 6) is 1.44. The second-order valence-electron chi connectivity index (χ2n) is 6.07. The van der Waals surface area contributed by atoms with Gasteiger partial charge in [-0.15, -0.1) is 0 Å². The Labute approximate surface area is 168 Å². The Morgan fingerprint density at radius 1 is 1.00 bits per heavy atom. The number of ether oxygens (including phenoxy) is 2. The topological polar surface area (TPSA) is 72.5 Å². The number of nitrogens with zero attached hydrogens (tertiary/aromatic N) is 1. The zero-order valence-electron chi connectivity index (χ0n) is 15.7. The molecule has 0 radical (unpaired) electrons. The van der Waals surface area contributed by atoms with Crippen LogP contribution in [-0.2, 0) is 0 Å². The van der Waals surface area contributed by atoms with Crippen molar-refractivity contribution < 1.29 is 14.3 Å². The first-order valence-corrected chi connectivity index (χ1v) is 8.90. The molecule has 2 N–H and O–H groups in total. The van der Waals surface area contributed by atoms with Gasteiger partial charge >= 0.3 is 0 Å². The van der Waals surface area contributed by atoms with E-state index in [0.717, 1.165) is 11.3 Å². The van der Waals surface area contributed by atoms with E-state index in [4.69, 9.17) is 21.1 Å². The molecule has 0 spiro atoms. The van der Waals surface area contributed by atoms with Crippen LogP contribution in [0, 0.1) is 6.92 Å². The molecule has 0 atom stereocenters. The molecular formula is C21H20ClN3O3. The average Bonchev–Trinajstić information content (AvgIpc) is 2.71. The molecule has 6 nitrogen and oxygen atoms in total. The van der Waals surface area contributed by atoms with Gasteiger partial charge in [0.2, 0.25) is 0 Å². The van der Waals surface area contributed by atoms with Gasteiger partial charge in [-0.25, -0.2) is 4.98 Å². The first kappa shape index (κ1) is 19.5. The van der Waals surface area contributed by atoms with Crippen LogP contribution in [0.15, 0.2) is 54.7 Å². The molecule has 0 unspecified atom stereocenters. The van der Waals surface area contributed by atoms with E-state index in [1.807, 2.05) is 25.1 Å². The van der Waals surface area contributed by atoms with Crippen LogP contribution in [0.3, 0.4) is 0 Å². The Balaban J connectivity index is 1.72. The van der Waals surface area contributed by atoms with Gasteiger partial charge in [0.1, 0.15) is 17.3 Å². The van der Waals surface area contributed by atoms with Gasteiger partial charge in [-0.2, -0.15) is 0 Å². The van der Waals surface area contributed by atoms with Crippen molar-refractivity contribution in [3.8, 4) is 11.5 Å². The molecule has 0 aliphatic carbocycles. The van der Waals surface area contributed by atoms with Crippen LogP contribution < -0.4 is 20.1 Å². The van der Waals surface area contributed by atoms with Crippen molar-refractivity contribution >= 4 is 34.7 Å². The maximum absolute atomic E-state index is 12.5. The maximum Gasteiger partial charge on any atom is 0.255 e. The van der Waals surface area contributed by atoms with Crippen molar-refractivity contribution in [3.63, 3.8) is 0 Å². The van der Waals surface area contributed by atoms with Gasteiger partial charge in [0, 0.05) is 22.3 Å². The highest BCUT2D eigenvalue weighted by Crippen LogP contribution is 2.25. The highest BCUT2D eigenvalue weighted by molar-refractivity contribution is 6.30. The average molecular weight is 398 g/mol. The molecule has 0 saturated heterocycles. The SMILES string of the molecule is COc1cc(OC)cc(C(=O)Nc2ccc(Nc3cc(Cl)ccc3C)nc2)c1. The minimum atomic E-state index is -0.287. The van der Waals surface area contributed by atoms with Gasteiger partial charge in [-0.05, 0) is 48.9 Å². The first-order valence-electron chi connectivity index (χ1n) is 8.52. The van der Waals surface area contributed by atoms with E-state index in [2.05, 4.69) is 15.6 Å². The van der Waals surface area contributed by atoms with Gasteiger partial charge in [-0.3, -0.25) is 4.79 Å². The van der Waals surface area contributed by atoms with E-state index < -0.39 is 0 Å². The molecule has 2 aromatic carbocycles. The van der Waals surface area contributed by atoms with E-state index >= 15 is 0 Å². The predicted octanol–water partition coefficient (Wildman–Crippen LogP) is 5.06. The number of hydrogen-bond acceptors (Lipinski definition) is 5. The number of rotatable bonds is 6. The lowest BCUT2D eigenvalue weighted by molar-refractivity contribution is 0.102. The number of amides is 1. The van der Waals surface area contributed by atoms with Crippen molar-refractivity contribution in [2.45, 2.75) is 6.92 Å². The summed E-state index contributed by atoms with van der Waals surface area (Å²) in [6, 6.07) is 14.1. The fraction of sp³-hybridized carbons (Fsp3) is 0.143. The monoisotopic (exact) mass is 397 g/mol. The lowest BCUT2D eigenvalue weighted by Crippen LogP contribution is -2.12. The third-order valence-electron chi connectivity index (χ3n) is 4.10. The Morgan fingerprint density at radius 3 is 2.32 bits per heavy atom. The Kier molecular flexibility index (Phi) is 6.01. The van der Waals surface area contributed by atoms with Gasteiger partial charge in [0.25, 0.3) is 5.91 Å². The highest BCUT2D eigenvalue weighted by Gasteiger charge is 2.11. The second kappa shape index (κ2) is 8.63. The number of anilines is 3. The molecule has 3 aromatic rings. The minimum Gasteiger partial charge on any atom is -0.497 e. The summed E-state index contributed by atoms with van der Waals surface area (Å²) >= 11 is 6.04. The van der Waals surface area contributed by atoms with E-state index in [1.165, 1.54) is 14.2 Å². The molecule has 1 amide bonds. The number of pyridine rings is 1. The van der Waals surface area contributed by atoms with E-state index in [1.54, 1.807) is 36.5 Å². The van der Waals surface area contributed by atoms with Crippen LogP contribution in [0.2, 0.25) is 5.02 Å². The summed E-state index contributed by atoms with van der Waals surface area (Å²) in [6.07, 6.45) is 1.58. The number of aromatic nitrogens is 1. The van der Waals surface area contributed by atoms with Crippen molar-refractivity contribution in [2.75, 3.05) is 24.9 Å². The van der Waals surface area contributed by atoms with Gasteiger partial charge in [0.05, 0.1) is 26.1 Å². The molecule has 144 valence electrons. The molecule has 1 heterocycles. The van der Waals surface area contributed by atoms with E-state index in [9.17, 15) is 4.79 Å². The largest absolute Gasteiger partial charge is 0.497 e. The lowest BCUT2D eigenvalue weighted by atomic mass is 10.2. The second-order valence-corrected chi connectivity index (χ2v) is 6.51. The molecule has 0 saturated carbocycles. The van der Waals surface area contributed by atoms with Gasteiger partial charge < -0.3 is 20.1 Å². The Bertz CT molecular complexity index is 968. The number of carbonyl (C=O) groups is 1. The normalized spacial score (nSPS) is 10.3. The molecule has 0 aliphatic rings.